The van der Waals surface area contributed by atoms with Crippen molar-refractivity contribution in [3.8, 4) is 5.75 Å². The molecule has 0 saturated carbocycles. The quantitative estimate of drug-likeness (QED) is 0.885. The highest BCUT2D eigenvalue weighted by molar-refractivity contribution is 9.10. The number of benzene rings is 1. The van der Waals surface area contributed by atoms with Crippen LogP contribution in [-0.4, -0.2) is 18.3 Å². The molecule has 0 bridgehead atoms. The summed E-state index contributed by atoms with van der Waals surface area (Å²) >= 11 is 3.03. The molecule has 0 aliphatic heterocycles. The predicted octanol–water partition coefficient (Wildman–Crippen LogP) is 3.02. The van der Waals surface area contributed by atoms with Crippen molar-refractivity contribution in [2.75, 3.05) is 5.32 Å². The third-order valence-corrected chi connectivity index (χ3v) is 2.70. The molecule has 1 aromatic rings. The van der Waals surface area contributed by atoms with Crippen LogP contribution in [-0.2, 0) is 4.79 Å². The summed E-state index contributed by atoms with van der Waals surface area (Å²) in [6, 6.07) is 3.10. The molecule has 106 valence electrons. The maximum atomic E-state index is 12.2. The van der Waals surface area contributed by atoms with Crippen LogP contribution in [0.1, 0.15) is 13.3 Å². The van der Waals surface area contributed by atoms with Gasteiger partial charge in [-0.2, -0.15) is 0 Å². The van der Waals surface area contributed by atoms with E-state index in [1.54, 1.807) is 6.92 Å². The maximum absolute atomic E-state index is 12.2. The molecule has 1 amide bonds. The summed E-state index contributed by atoms with van der Waals surface area (Å²) in [6.45, 7) is 1.69. The van der Waals surface area contributed by atoms with Gasteiger partial charge < -0.3 is 15.8 Å². The zero-order valence-corrected chi connectivity index (χ0v) is 11.5. The van der Waals surface area contributed by atoms with Gasteiger partial charge in [-0.15, -0.1) is 13.2 Å². The predicted molar refractivity (Wildman–Crippen MR) is 67.7 cm³/mol. The van der Waals surface area contributed by atoms with Gasteiger partial charge in [-0.05, 0) is 24.6 Å². The van der Waals surface area contributed by atoms with E-state index < -0.39 is 24.1 Å². The van der Waals surface area contributed by atoms with E-state index in [1.807, 2.05) is 0 Å². The number of hydrogen-bond donors (Lipinski definition) is 2. The Morgan fingerprint density at radius 3 is 2.68 bits per heavy atom. The minimum absolute atomic E-state index is 0.0885. The number of anilines is 1. The maximum Gasteiger partial charge on any atom is 0.573 e. The molecule has 0 spiro atoms. The lowest BCUT2D eigenvalue weighted by Crippen LogP contribution is -2.35. The second kappa shape index (κ2) is 6.25. The average Bonchev–Trinajstić information content (AvgIpc) is 2.29. The Hall–Kier alpha value is -1.28. The first kappa shape index (κ1) is 15.8. The molecule has 0 heterocycles. The van der Waals surface area contributed by atoms with Crippen molar-refractivity contribution < 1.29 is 22.7 Å². The lowest BCUT2D eigenvalue weighted by atomic mass is 10.2. The summed E-state index contributed by atoms with van der Waals surface area (Å²) in [5.41, 5.74) is 5.40. The monoisotopic (exact) mass is 340 g/mol. The minimum Gasteiger partial charge on any atom is -0.404 e. The number of alkyl halides is 3. The smallest absolute Gasteiger partial charge is 0.404 e. The summed E-state index contributed by atoms with van der Waals surface area (Å²) in [5.74, 6) is -1.07. The molecule has 0 aromatic heterocycles. The van der Waals surface area contributed by atoms with Crippen molar-refractivity contribution in [1.29, 1.82) is 0 Å². The van der Waals surface area contributed by atoms with Crippen molar-refractivity contribution in [2.24, 2.45) is 5.73 Å². The van der Waals surface area contributed by atoms with Crippen molar-refractivity contribution in [3.63, 3.8) is 0 Å². The van der Waals surface area contributed by atoms with E-state index in [0.29, 0.717) is 10.9 Å². The van der Waals surface area contributed by atoms with E-state index >= 15 is 0 Å². The topological polar surface area (TPSA) is 64.4 Å². The first-order valence-corrected chi connectivity index (χ1v) is 6.14. The van der Waals surface area contributed by atoms with Crippen molar-refractivity contribution in [1.82, 2.24) is 0 Å². The molecule has 1 unspecified atom stereocenters. The lowest BCUT2D eigenvalue weighted by molar-refractivity contribution is -0.274. The van der Waals surface area contributed by atoms with E-state index in [1.165, 1.54) is 12.1 Å². The van der Waals surface area contributed by atoms with Crippen LogP contribution in [0.15, 0.2) is 22.7 Å². The number of carbonyl (C=O) groups is 1. The Labute approximate surface area is 116 Å². The third kappa shape index (κ3) is 5.07. The number of ether oxygens (including phenoxy) is 1. The van der Waals surface area contributed by atoms with Crippen molar-refractivity contribution >= 4 is 27.5 Å². The van der Waals surface area contributed by atoms with Gasteiger partial charge in [0.1, 0.15) is 0 Å². The van der Waals surface area contributed by atoms with Gasteiger partial charge >= 0.3 is 6.36 Å². The van der Waals surface area contributed by atoms with E-state index in [4.69, 9.17) is 5.73 Å². The summed E-state index contributed by atoms with van der Waals surface area (Å²) in [4.78, 5) is 11.6. The molecule has 1 rings (SSSR count). The van der Waals surface area contributed by atoms with Gasteiger partial charge in [0.15, 0.2) is 5.75 Å². The zero-order valence-electron chi connectivity index (χ0n) is 9.92. The number of hydrogen-bond acceptors (Lipinski definition) is 3. The standard InChI is InChI=1S/C11H12BrF3N2O2/c1-2-7(16)10(18)17-8-4-3-6(12)5-9(8)19-11(13,14)15/h3-5,7H,2,16H2,1H3,(H,17,18). The molecular formula is C11H12BrF3N2O2. The molecular weight excluding hydrogens is 329 g/mol. The van der Waals surface area contributed by atoms with E-state index in [9.17, 15) is 18.0 Å². The number of amides is 1. The second-order valence-electron chi connectivity index (χ2n) is 3.69. The first-order valence-electron chi connectivity index (χ1n) is 5.34. The molecule has 8 heteroatoms. The van der Waals surface area contributed by atoms with Crippen LogP contribution in [0.4, 0.5) is 18.9 Å². The molecule has 3 N–H and O–H groups in total. The number of halogens is 4. The van der Waals surface area contributed by atoms with E-state index in [2.05, 4.69) is 26.0 Å². The fraction of sp³-hybridized carbons (Fsp3) is 0.364. The highest BCUT2D eigenvalue weighted by Gasteiger charge is 2.32. The summed E-state index contributed by atoms with van der Waals surface area (Å²) in [6.07, 6.45) is -4.47. The van der Waals surface area contributed by atoms with Crippen LogP contribution in [0.3, 0.4) is 0 Å². The summed E-state index contributed by atoms with van der Waals surface area (Å²) < 4.78 is 41.0. The zero-order chi connectivity index (χ0) is 14.6. The van der Waals surface area contributed by atoms with Gasteiger partial charge in [0.25, 0.3) is 0 Å². The number of nitrogens with two attached hydrogens (primary N) is 1. The molecule has 0 saturated heterocycles. The largest absolute Gasteiger partial charge is 0.573 e. The van der Waals surface area contributed by atoms with E-state index in [0.717, 1.165) is 6.07 Å². The van der Waals surface area contributed by atoms with Gasteiger partial charge in [0, 0.05) is 4.47 Å². The van der Waals surface area contributed by atoms with Crippen LogP contribution in [0.2, 0.25) is 0 Å². The molecule has 0 fully saturated rings. The molecule has 0 radical (unpaired) electrons. The van der Waals surface area contributed by atoms with Gasteiger partial charge in [-0.1, -0.05) is 22.9 Å². The van der Waals surface area contributed by atoms with Gasteiger partial charge in [0.2, 0.25) is 5.91 Å². The first-order chi connectivity index (χ1) is 8.73. The molecule has 4 nitrogen and oxygen atoms in total. The summed E-state index contributed by atoms with van der Waals surface area (Å²) in [5, 5.41) is 2.30. The Morgan fingerprint density at radius 2 is 2.16 bits per heavy atom. The highest BCUT2D eigenvalue weighted by Crippen LogP contribution is 2.33. The molecule has 19 heavy (non-hydrogen) atoms. The second-order valence-corrected chi connectivity index (χ2v) is 4.61. The summed E-state index contributed by atoms with van der Waals surface area (Å²) in [7, 11) is 0. The molecule has 0 aliphatic rings. The Balaban J connectivity index is 2.97. The fourth-order valence-electron chi connectivity index (χ4n) is 1.22. The van der Waals surface area contributed by atoms with Crippen molar-refractivity contribution in [3.05, 3.63) is 22.7 Å². The number of carbonyl (C=O) groups excluding carboxylic acids is 1. The molecule has 0 aliphatic carbocycles. The Morgan fingerprint density at radius 1 is 1.53 bits per heavy atom. The van der Waals surface area contributed by atoms with Crippen LogP contribution in [0, 0.1) is 0 Å². The van der Waals surface area contributed by atoms with Crippen molar-refractivity contribution in [2.45, 2.75) is 25.7 Å². The van der Waals surface area contributed by atoms with Gasteiger partial charge in [-0.25, -0.2) is 0 Å². The molecule has 1 aromatic carbocycles. The average molecular weight is 341 g/mol. The Kier molecular flexibility index (Phi) is 5.19. The number of nitrogens with one attached hydrogen (secondary N) is 1. The van der Waals surface area contributed by atoms with Crippen LogP contribution >= 0.6 is 15.9 Å². The lowest BCUT2D eigenvalue weighted by Gasteiger charge is -2.16. The number of rotatable bonds is 4. The highest BCUT2D eigenvalue weighted by atomic mass is 79.9. The Bertz CT molecular complexity index is 466. The third-order valence-electron chi connectivity index (χ3n) is 2.20. The van der Waals surface area contributed by atoms with Gasteiger partial charge in [0.05, 0.1) is 11.7 Å². The van der Waals surface area contributed by atoms with Crippen LogP contribution < -0.4 is 15.8 Å². The van der Waals surface area contributed by atoms with Crippen LogP contribution in [0.5, 0.6) is 5.75 Å². The van der Waals surface area contributed by atoms with E-state index in [-0.39, 0.29) is 5.69 Å². The normalized spacial score (nSPS) is 12.9. The van der Waals surface area contributed by atoms with Gasteiger partial charge in [-0.3, -0.25) is 4.79 Å². The fourth-order valence-corrected chi connectivity index (χ4v) is 1.56. The van der Waals surface area contributed by atoms with Crippen LogP contribution in [0.25, 0.3) is 0 Å². The SMILES string of the molecule is CCC(N)C(=O)Nc1ccc(Br)cc1OC(F)(F)F. The molecule has 1 atom stereocenters. The minimum atomic E-state index is -4.84.